The van der Waals surface area contributed by atoms with Gasteiger partial charge in [-0.15, -0.1) is 0 Å². The number of hydrogen-bond donors (Lipinski definition) is 0. The summed E-state index contributed by atoms with van der Waals surface area (Å²) in [6.45, 7) is 15.5. The van der Waals surface area contributed by atoms with Crippen molar-refractivity contribution in [2.45, 2.75) is 66.8 Å². The van der Waals surface area contributed by atoms with E-state index in [1.807, 2.05) is 6.92 Å². The van der Waals surface area contributed by atoms with Crippen molar-refractivity contribution in [2.24, 2.45) is 0 Å². The Balaban J connectivity index is 3.03. The second kappa shape index (κ2) is 5.08. The molecule has 0 amide bonds. The molecule has 0 aliphatic heterocycles. The van der Waals surface area contributed by atoms with Gasteiger partial charge in [0.05, 0.1) is 5.69 Å². The molecule has 2 aromatic rings. The molecule has 0 bridgehead atoms. The van der Waals surface area contributed by atoms with Crippen LogP contribution in [0.1, 0.15) is 69.0 Å². The van der Waals surface area contributed by atoms with Crippen LogP contribution in [0.25, 0.3) is 5.65 Å². The molecule has 20 heavy (non-hydrogen) atoms. The summed E-state index contributed by atoms with van der Waals surface area (Å²) in [5.41, 5.74) is 5.06. The molecule has 0 atom stereocenters. The van der Waals surface area contributed by atoms with E-state index in [0.717, 1.165) is 34.7 Å². The molecule has 0 aliphatic carbocycles. The predicted octanol–water partition coefficient (Wildman–Crippen LogP) is 3.38. The second-order valence-electron chi connectivity index (χ2n) is 6.11. The number of hydrogen-bond acceptors (Lipinski definition) is 2. The maximum atomic E-state index is 12.6. The van der Waals surface area contributed by atoms with E-state index in [2.05, 4.69) is 51.2 Å². The van der Waals surface area contributed by atoms with Crippen molar-refractivity contribution in [2.75, 3.05) is 0 Å². The van der Waals surface area contributed by atoms with E-state index in [9.17, 15) is 4.79 Å². The van der Waals surface area contributed by atoms with Crippen LogP contribution in [-0.2, 0) is 6.54 Å². The van der Waals surface area contributed by atoms with Crippen molar-refractivity contribution in [1.29, 1.82) is 0 Å². The Morgan fingerprint density at radius 1 is 1.05 bits per heavy atom. The molecule has 4 heteroatoms. The molecule has 2 aromatic heterocycles. The summed E-state index contributed by atoms with van der Waals surface area (Å²) in [5.74, 6) is 0.645. The molecule has 0 radical (unpaired) electrons. The summed E-state index contributed by atoms with van der Waals surface area (Å²) in [5, 5.41) is 4.56. The normalized spacial score (nSPS) is 12.1. The summed E-state index contributed by atoms with van der Waals surface area (Å²) in [4.78, 5) is 12.6. The molecule has 0 fully saturated rings. The van der Waals surface area contributed by atoms with Gasteiger partial charge in [-0.05, 0) is 32.6 Å². The Bertz CT molecular complexity index is 705. The lowest BCUT2D eigenvalue weighted by Gasteiger charge is -2.19. The van der Waals surface area contributed by atoms with Crippen LogP contribution in [0.4, 0.5) is 0 Å². The minimum Gasteiger partial charge on any atom is -0.329 e. The van der Waals surface area contributed by atoms with Gasteiger partial charge in [-0.3, -0.25) is 4.79 Å². The summed E-state index contributed by atoms with van der Waals surface area (Å²) in [7, 11) is 0. The number of nitrogens with zero attached hydrogens (tertiary/aromatic N) is 3. The van der Waals surface area contributed by atoms with Crippen molar-refractivity contribution in [3.63, 3.8) is 0 Å². The minimum atomic E-state index is 0.0170. The van der Waals surface area contributed by atoms with Gasteiger partial charge in [0.25, 0.3) is 5.56 Å². The van der Waals surface area contributed by atoms with Crippen molar-refractivity contribution in [1.82, 2.24) is 14.2 Å². The summed E-state index contributed by atoms with van der Waals surface area (Å²) in [6.07, 6.45) is 0. The third-order valence-corrected chi connectivity index (χ3v) is 3.98. The quantitative estimate of drug-likeness (QED) is 0.861. The third-order valence-electron chi connectivity index (χ3n) is 3.98. The molecule has 0 saturated heterocycles. The first-order chi connectivity index (χ1) is 9.31. The van der Waals surface area contributed by atoms with E-state index in [1.165, 1.54) is 0 Å². The highest BCUT2D eigenvalue weighted by Crippen LogP contribution is 2.25. The molecule has 110 valence electrons. The maximum absolute atomic E-state index is 12.6. The van der Waals surface area contributed by atoms with Crippen LogP contribution in [0.5, 0.6) is 0 Å². The second-order valence-corrected chi connectivity index (χ2v) is 6.11. The topological polar surface area (TPSA) is 39.3 Å². The van der Waals surface area contributed by atoms with Gasteiger partial charge in [-0.1, -0.05) is 27.7 Å². The van der Waals surface area contributed by atoms with Crippen LogP contribution >= 0.6 is 0 Å². The minimum absolute atomic E-state index is 0.0170. The lowest BCUT2D eigenvalue weighted by atomic mass is 10.0. The van der Waals surface area contributed by atoms with Crippen LogP contribution in [0.3, 0.4) is 0 Å². The van der Waals surface area contributed by atoms with E-state index in [-0.39, 0.29) is 5.56 Å². The number of aryl methyl sites for hydroxylation is 2. The van der Waals surface area contributed by atoms with E-state index in [4.69, 9.17) is 0 Å². The van der Waals surface area contributed by atoms with Gasteiger partial charge in [-0.2, -0.15) is 9.61 Å². The smallest absolute Gasteiger partial charge is 0.277 e. The van der Waals surface area contributed by atoms with Gasteiger partial charge >= 0.3 is 0 Å². The predicted molar refractivity (Wildman–Crippen MR) is 82.8 cm³/mol. The monoisotopic (exact) mass is 275 g/mol. The van der Waals surface area contributed by atoms with Gasteiger partial charge < -0.3 is 4.57 Å². The Morgan fingerprint density at radius 3 is 2.10 bits per heavy atom. The first-order valence-corrected chi connectivity index (χ1v) is 7.43. The van der Waals surface area contributed by atoms with E-state index >= 15 is 0 Å². The Hall–Kier alpha value is -1.58. The molecule has 0 unspecified atom stereocenters. The molecule has 0 aliphatic rings. The fourth-order valence-electron chi connectivity index (χ4n) is 3.16. The van der Waals surface area contributed by atoms with Crippen LogP contribution < -0.4 is 5.56 Å². The number of rotatable bonds is 3. The molecular formula is C16H25N3O. The van der Waals surface area contributed by atoms with Gasteiger partial charge in [0.15, 0.2) is 0 Å². The average Bonchev–Trinajstić information content (AvgIpc) is 2.71. The van der Waals surface area contributed by atoms with E-state index in [1.54, 1.807) is 4.52 Å². The van der Waals surface area contributed by atoms with Crippen LogP contribution in [0.15, 0.2) is 4.79 Å². The summed E-state index contributed by atoms with van der Waals surface area (Å²) < 4.78 is 3.84. The van der Waals surface area contributed by atoms with Gasteiger partial charge in [-0.25, -0.2) is 0 Å². The Morgan fingerprint density at radius 2 is 1.65 bits per heavy atom. The summed E-state index contributed by atoms with van der Waals surface area (Å²) >= 11 is 0. The highest BCUT2D eigenvalue weighted by Gasteiger charge is 2.21. The Kier molecular flexibility index (Phi) is 3.76. The van der Waals surface area contributed by atoms with Crippen LogP contribution in [-0.4, -0.2) is 14.2 Å². The third kappa shape index (κ3) is 1.98. The fraction of sp³-hybridized carbons (Fsp3) is 0.625. The van der Waals surface area contributed by atoms with Crippen molar-refractivity contribution >= 4 is 5.65 Å². The van der Waals surface area contributed by atoms with E-state index in [0.29, 0.717) is 11.8 Å². The van der Waals surface area contributed by atoms with Gasteiger partial charge in [0.2, 0.25) is 0 Å². The first-order valence-electron chi connectivity index (χ1n) is 7.43. The van der Waals surface area contributed by atoms with Crippen molar-refractivity contribution in [3.8, 4) is 0 Å². The highest BCUT2D eigenvalue weighted by atomic mass is 16.1. The molecule has 4 nitrogen and oxygen atoms in total. The SMILES string of the molecule is CCn1c(C(C)C)c(C)c(=O)n2nc(C(C)C)c(C)c12. The number of fused-ring (bicyclic) bond motifs is 1. The zero-order valence-electron chi connectivity index (χ0n) is 13.6. The van der Waals surface area contributed by atoms with Crippen LogP contribution in [0.2, 0.25) is 0 Å². The Labute approximate surface area is 120 Å². The van der Waals surface area contributed by atoms with Crippen molar-refractivity contribution in [3.05, 3.63) is 32.9 Å². The standard InChI is InChI=1S/C16H25N3O/c1-8-18-14(10(4)5)12(7)16(20)19-15(18)11(6)13(17-19)9(2)3/h9-10H,8H2,1-7H3. The fourth-order valence-corrected chi connectivity index (χ4v) is 3.16. The van der Waals surface area contributed by atoms with Gasteiger partial charge in [0, 0.05) is 23.4 Å². The lowest BCUT2D eigenvalue weighted by Crippen LogP contribution is -2.26. The average molecular weight is 275 g/mol. The molecule has 0 aromatic carbocycles. The zero-order valence-corrected chi connectivity index (χ0v) is 13.6. The van der Waals surface area contributed by atoms with Crippen molar-refractivity contribution < 1.29 is 0 Å². The molecule has 2 heterocycles. The molecule has 0 spiro atoms. The first kappa shape index (κ1) is 14.8. The molecule has 0 N–H and O–H groups in total. The van der Waals surface area contributed by atoms with Gasteiger partial charge in [0.1, 0.15) is 5.65 Å². The van der Waals surface area contributed by atoms with Crippen LogP contribution in [0, 0.1) is 13.8 Å². The largest absolute Gasteiger partial charge is 0.329 e. The maximum Gasteiger partial charge on any atom is 0.277 e. The molecule has 2 rings (SSSR count). The zero-order chi connectivity index (χ0) is 15.2. The highest BCUT2D eigenvalue weighted by molar-refractivity contribution is 5.53. The molecule has 0 saturated carbocycles. The lowest BCUT2D eigenvalue weighted by molar-refractivity contribution is 0.641. The number of aromatic nitrogens is 3. The summed E-state index contributed by atoms with van der Waals surface area (Å²) in [6, 6.07) is 0. The molecular weight excluding hydrogens is 250 g/mol. The van der Waals surface area contributed by atoms with E-state index < -0.39 is 0 Å².